The molecule has 1 unspecified atom stereocenters. The summed E-state index contributed by atoms with van der Waals surface area (Å²) in [5, 5.41) is 16.0. The normalized spacial score (nSPS) is 19.4. The molecule has 1 fully saturated rings. The molecule has 1 atom stereocenters. The molecular formula is C20H34IN3O3. The van der Waals surface area contributed by atoms with Crippen LogP contribution in [0.2, 0.25) is 0 Å². The molecule has 0 aliphatic carbocycles. The third kappa shape index (κ3) is 8.23. The number of aliphatic hydroxyl groups excluding tert-OH is 1. The summed E-state index contributed by atoms with van der Waals surface area (Å²) in [6.07, 6.45) is 3.71. The minimum atomic E-state index is -0.0162. The molecule has 0 amide bonds. The van der Waals surface area contributed by atoms with Crippen molar-refractivity contribution in [1.29, 1.82) is 0 Å². The van der Waals surface area contributed by atoms with E-state index in [2.05, 4.69) is 29.7 Å². The molecule has 0 bridgehead atoms. The Kier molecular flexibility index (Phi) is 11.7. The van der Waals surface area contributed by atoms with Gasteiger partial charge >= 0.3 is 0 Å². The Hall–Kier alpha value is -1.06. The van der Waals surface area contributed by atoms with Crippen LogP contribution in [0.4, 0.5) is 0 Å². The highest BCUT2D eigenvalue weighted by Crippen LogP contribution is 2.32. The van der Waals surface area contributed by atoms with E-state index in [-0.39, 0.29) is 36.0 Å². The monoisotopic (exact) mass is 491 g/mol. The summed E-state index contributed by atoms with van der Waals surface area (Å²) in [5.41, 5.74) is 1.26. The van der Waals surface area contributed by atoms with Crippen molar-refractivity contribution in [3.8, 4) is 5.75 Å². The highest BCUT2D eigenvalue weighted by atomic mass is 127. The summed E-state index contributed by atoms with van der Waals surface area (Å²) in [5.74, 6) is 1.74. The molecule has 1 aromatic rings. The zero-order valence-corrected chi connectivity index (χ0v) is 18.8. The first kappa shape index (κ1) is 24.0. The summed E-state index contributed by atoms with van der Waals surface area (Å²) < 4.78 is 10.8. The minimum absolute atomic E-state index is 0. The lowest BCUT2D eigenvalue weighted by Gasteiger charge is -2.24. The second-order valence-electron chi connectivity index (χ2n) is 6.85. The van der Waals surface area contributed by atoms with Gasteiger partial charge in [0.05, 0.1) is 20.3 Å². The topological polar surface area (TPSA) is 75.1 Å². The number of nitrogens with one attached hydrogen (secondary N) is 2. The van der Waals surface area contributed by atoms with Crippen molar-refractivity contribution in [2.45, 2.75) is 32.6 Å². The van der Waals surface area contributed by atoms with Crippen LogP contribution in [-0.2, 0) is 11.2 Å². The summed E-state index contributed by atoms with van der Waals surface area (Å²) in [4.78, 5) is 4.74. The average Bonchev–Trinajstić information content (AvgIpc) is 3.12. The molecule has 0 spiro atoms. The standard InChI is InChI=1S/C20H33N3O3.HI/c1-3-21-19(23-15-20(9-12-24)10-13-26-16-20)22-11-5-7-17-6-4-8-18(14-17)25-2;/h4,6,8,14,24H,3,5,7,9-13,15-16H2,1-2H3,(H2,21,22,23);1H. The van der Waals surface area contributed by atoms with E-state index in [0.29, 0.717) is 13.2 Å². The number of halogens is 1. The lowest BCUT2D eigenvalue weighted by Crippen LogP contribution is -2.39. The molecule has 1 aliphatic rings. The van der Waals surface area contributed by atoms with Crippen molar-refractivity contribution in [2.24, 2.45) is 10.4 Å². The van der Waals surface area contributed by atoms with E-state index in [1.54, 1.807) is 7.11 Å². The van der Waals surface area contributed by atoms with E-state index in [9.17, 15) is 5.11 Å². The summed E-state index contributed by atoms with van der Waals surface area (Å²) >= 11 is 0. The number of benzene rings is 1. The van der Waals surface area contributed by atoms with Crippen molar-refractivity contribution in [1.82, 2.24) is 10.6 Å². The van der Waals surface area contributed by atoms with Gasteiger partial charge in [0.2, 0.25) is 0 Å². The maximum atomic E-state index is 9.34. The Morgan fingerprint density at radius 2 is 2.22 bits per heavy atom. The smallest absolute Gasteiger partial charge is 0.191 e. The highest BCUT2D eigenvalue weighted by molar-refractivity contribution is 14.0. The number of nitrogens with zero attached hydrogens (tertiary/aromatic N) is 1. The summed E-state index contributed by atoms with van der Waals surface area (Å²) in [6.45, 7) is 6.06. The van der Waals surface area contributed by atoms with Crippen molar-refractivity contribution < 1.29 is 14.6 Å². The number of ether oxygens (including phenoxy) is 2. The van der Waals surface area contributed by atoms with Gasteiger partial charge in [0.25, 0.3) is 0 Å². The molecule has 0 radical (unpaired) electrons. The zero-order chi connectivity index (χ0) is 18.7. The van der Waals surface area contributed by atoms with Gasteiger partial charge in [-0.05, 0) is 50.3 Å². The summed E-state index contributed by atoms with van der Waals surface area (Å²) in [6, 6.07) is 8.20. The predicted octanol–water partition coefficient (Wildman–Crippen LogP) is 2.59. The highest BCUT2D eigenvalue weighted by Gasteiger charge is 2.34. The molecule has 1 aromatic carbocycles. The van der Waals surface area contributed by atoms with E-state index in [0.717, 1.165) is 57.1 Å². The average molecular weight is 491 g/mol. The van der Waals surface area contributed by atoms with Crippen LogP contribution in [0.5, 0.6) is 5.75 Å². The molecule has 1 heterocycles. The molecular weight excluding hydrogens is 457 g/mol. The van der Waals surface area contributed by atoms with Gasteiger partial charge in [0.15, 0.2) is 5.96 Å². The Morgan fingerprint density at radius 3 is 2.89 bits per heavy atom. The fourth-order valence-electron chi connectivity index (χ4n) is 3.20. The van der Waals surface area contributed by atoms with Crippen molar-refractivity contribution in [2.75, 3.05) is 46.6 Å². The van der Waals surface area contributed by atoms with Crippen LogP contribution in [0.25, 0.3) is 0 Å². The van der Waals surface area contributed by atoms with Gasteiger partial charge in [-0.25, -0.2) is 0 Å². The fraction of sp³-hybridized carbons (Fsp3) is 0.650. The number of aliphatic hydroxyl groups is 1. The fourth-order valence-corrected chi connectivity index (χ4v) is 3.20. The molecule has 154 valence electrons. The van der Waals surface area contributed by atoms with E-state index in [4.69, 9.17) is 14.5 Å². The van der Waals surface area contributed by atoms with Gasteiger partial charge < -0.3 is 25.2 Å². The predicted molar refractivity (Wildman–Crippen MR) is 120 cm³/mol. The number of guanidine groups is 1. The Labute approximate surface area is 180 Å². The molecule has 3 N–H and O–H groups in total. The van der Waals surface area contributed by atoms with Gasteiger partial charge in [0.1, 0.15) is 5.75 Å². The first-order valence-corrected chi connectivity index (χ1v) is 9.55. The van der Waals surface area contributed by atoms with Gasteiger partial charge in [-0.1, -0.05) is 12.1 Å². The molecule has 2 rings (SSSR count). The van der Waals surface area contributed by atoms with Crippen molar-refractivity contribution >= 4 is 29.9 Å². The van der Waals surface area contributed by atoms with Crippen LogP contribution >= 0.6 is 24.0 Å². The van der Waals surface area contributed by atoms with Crippen LogP contribution < -0.4 is 15.4 Å². The number of hydrogen-bond acceptors (Lipinski definition) is 4. The lowest BCUT2D eigenvalue weighted by molar-refractivity contribution is 0.131. The van der Waals surface area contributed by atoms with Crippen LogP contribution in [0.1, 0.15) is 31.7 Å². The number of rotatable bonds is 10. The van der Waals surface area contributed by atoms with Gasteiger partial charge in [-0.2, -0.15) is 0 Å². The Morgan fingerprint density at radius 1 is 1.37 bits per heavy atom. The van der Waals surface area contributed by atoms with Crippen LogP contribution in [0.3, 0.4) is 0 Å². The largest absolute Gasteiger partial charge is 0.497 e. The summed E-state index contributed by atoms with van der Waals surface area (Å²) in [7, 11) is 1.69. The molecule has 0 saturated carbocycles. The van der Waals surface area contributed by atoms with E-state index < -0.39 is 0 Å². The molecule has 0 aromatic heterocycles. The van der Waals surface area contributed by atoms with Crippen molar-refractivity contribution in [3.63, 3.8) is 0 Å². The number of methoxy groups -OCH3 is 1. The second-order valence-corrected chi connectivity index (χ2v) is 6.85. The van der Waals surface area contributed by atoms with Gasteiger partial charge in [-0.3, -0.25) is 4.99 Å². The van der Waals surface area contributed by atoms with Crippen LogP contribution in [0, 0.1) is 5.41 Å². The number of aryl methyl sites for hydroxylation is 1. The maximum Gasteiger partial charge on any atom is 0.191 e. The van der Waals surface area contributed by atoms with E-state index in [1.165, 1.54) is 5.56 Å². The first-order chi connectivity index (χ1) is 12.7. The van der Waals surface area contributed by atoms with Crippen LogP contribution in [-0.4, -0.2) is 57.6 Å². The van der Waals surface area contributed by atoms with E-state index in [1.807, 2.05) is 12.1 Å². The second kappa shape index (κ2) is 13.2. The molecule has 1 saturated heterocycles. The Balaban J connectivity index is 0.00000364. The molecule has 7 heteroatoms. The lowest BCUT2D eigenvalue weighted by atomic mass is 9.84. The van der Waals surface area contributed by atoms with Crippen molar-refractivity contribution in [3.05, 3.63) is 29.8 Å². The SMILES string of the molecule is CCNC(=NCC1(CCO)CCOC1)NCCCc1cccc(OC)c1.I. The third-order valence-electron chi connectivity index (χ3n) is 4.81. The van der Waals surface area contributed by atoms with E-state index >= 15 is 0 Å². The van der Waals surface area contributed by atoms with Gasteiger partial charge in [0, 0.05) is 31.7 Å². The van der Waals surface area contributed by atoms with Gasteiger partial charge in [-0.15, -0.1) is 24.0 Å². The maximum absolute atomic E-state index is 9.34. The third-order valence-corrected chi connectivity index (χ3v) is 4.81. The quantitative estimate of drug-likeness (QED) is 0.203. The molecule has 6 nitrogen and oxygen atoms in total. The zero-order valence-electron chi connectivity index (χ0n) is 16.5. The number of aliphatic imine (C=N–C) groups is 1. The number of hydrogen-bond donors (Lipinski definition) is 3. The van der Waals surface area contributed by atoms with Crippen LogP contribution in [0.15, 0.2) is 29.3 Å². The minimum Gasteiger partial charge on any atom is -0.497 e. The first-order valence-electron chi connectivity index (χ1n) is 9.55. The molecule has 27 heavy (non-hydrogen) atoms. The molecule has 1 aliphatic heterocycles. The Bertz CT molecular complexity index is 563.